The van der Waals surface area contributed by atoms with Crippen LogP contribution in [0.25, 0.3) is 11.8 Å². The Morgan fingerprint density at radius 3 is 2.69 bits per heavy atom. The monoisotopic (exact) mass is 605 g/mol. The molecule has 1 N–H and O–H groups in total. The van der Waals surface area contributed by atoms with Gasteiger partial charge in [0.25, 0.3) is 0 Å². The van der Waals surface area contributed by atoms with Crippen molar-refractivity contribution in [1.29, 1.82) is 0 Å². The third-order valence-corrected chi connectivity index (χ3v) is 11.4. The SMILES string of the molecule is COCC(=O)O[C@]1(C(=O)SCF)CC[C@H]2[C@@H]3CCC4=Cc5c(cnn5-c5ccc(F)nc5)C[C@]4(C)[C@@]3(F)[C@@H](O)C[C@@]21C. The third-order valence-electron chi connectivity index (χ3n) is 10.7. The highest BCUT2D eigenvalue weighted by molar-refractivity contribution is 8.13. The first-order valence-corrected chi connectivity index (χ1v) is 15.1. The number of nitrogens with zero attached hydrogens (tertiary/aromatic N) is 3. The van der Waals surface area contributed by atoms with Crippen molar-refractivity contribution in [2.24, 2.45) is 22.7 Å². The molecule has 3 saturated carbocycles. The fourth-order valence-corrected chi connectivity index (χ4v) is 9.50. The van der Waals surface area contributed by atoms with Gasteiger partial charge in [0.15, 0.2) is 5.60 Å². The van der Waals surface area contributed by atoms with Crippen molar-refractivity contribution >= 4 is 28.9 Å². The number of esters is 1. The van der Waals surface area contributed by atoms with E-state index in [2.05, 4.69) is 10.1 Å². The van der Waals surface area contributed by atoms with Crippen LogP contribution < -0.4 is 0 Å². The number of hydrogen-bond acceptors (Lipinski definition) is 8. The summed E-state index contributed by atoms with van der Waals surface area (Å²) >= 11 is 0.440. The van der Waals surface area contributed by atoms with Crippen LogP contribution in [0.15, 0.2) is 30.1 Å². The topological polar surface area (TPSA) is 104 Å². The number of allylic oxidation sites excluding steroid dienone is 1. The maximum absolute atomic E-state index is 17.9. The van der Waals surface area contributed by atoms with Gasteiger partial charge in [0.2, 0.25) is 11.1 Å². The van der Waals surface area contributed by atoms with Gasteiger partial charge in [0, 0.05) is 23.9 Å². The number of hydrogen-bond donors (Lipinski definition) is 1. The standard InChI is InChI=1S/C30H34F3N3O5S/c1-27-11-17-13-35-36(19-5-7-24(32)34-14-19)22(17)10-18(27)4-6-21-20-8-9-29(26(39)42-16-31,41-25(38)15-40-3)28(20,2)12-23(37)30(21,27)33/h5,7,10,13-14,20-21,23,37H,4,6,8-9,11-12,15-16H2,1-3H3/t20-,21-,23-,27-,28-,29-,30-/m0/s1. The zero-order chi connectivity index (χ0) is 30.1. The second kappa shape index (κ2) is 10.2. The first-order valence-electron chi connectivity index (χ1n) is 14.2. The molecule has 0 radical (unpaired) electrons. The molecule has 0 bridgehead atoms. The van der Waals surface area contributed by atoms with Gasteiger partial charge in [-0.05, 0) is 80.0 Å². The summed E-state index contributed by atoms with van der Waals surface area (Å²) in [6, 6.07) is 1.85. The van der Waals surface area contributed by atoms with Crippen LogP contribution in [0, 0.1) is 28.6 Å². The first-order chi connectivity index (χ1) is 19.9. The molecule has 2 aromatic heterocycles. The van der Waals surface area contributed by atoms with E-state index in [0.29, 0.717) is 43.1 Å². The van der Waals surface area contributed by atoms with Crippen LogP contribution in [0.3, 0.4) is 0 Å². The summed E-state index contributed by atoms with van der Waals surface area (Å²) in [4.78, 5) is 29.9. The van der Waals surface area contributed by atoms with Gasteiger partial charge in [0.05, 0.1) is 29.9 Å². The molecule has 7 atom stereocenters. The first kappa shape index (κ1) is 29.4. The van der Waals surface area contributed by atoms with Gasteiger partial charge < -0.3 is 14.6 Å². The van der Waals surface area contributed by atoms with Gasteiger partial charge in [-0.1, -0.05) is 19.4 Å². The highest BCUT2D eigenvalue weighted by atomic mass is 32.2. The largest absolute Gasteiger partial charge is 0.448 e. The van der Waals surface area contributed by atoms with E-state index < -0.39 is 63.1 Å². The summed E-state index contributed by atoms with van der Waals surface area (Å²) in [6.07, 6.45) is 5.18. The lowest BCUT2D eigenvalue weighted by Crippen LogP contribution is -2.70. The van der Waals surface area contributed by atoms with Crippen molar-refractivity contribution in [2.75, 3.05) is 19.7 Å². The van der Waals surface area contributed by atoms with Gasteiger partial charge in [-0.25, -0.2) is 23.2 Å². The number of methoxy groups -OCH3 is 1. The molecule has 0 amide bonds. The van der Waals surface area contributed by atoms with Crippen LogP contribution >= 0.6 is 11.8 Å². The fourth-order valence-electron chi connectivity index (χ4n) is 8.79. The number of fused-ring (bicyclic) bond motifs is 6. The van der Waals surface area contributed by atoms with E-state index in [1.165, 1.54) is 19.4 Å². The van der Waals surface area contributed by atoms with Gasteiger partial charge in [-0.15, -0.1) is 0 Å². The molecule has 4 aliphatic rings. The van der Waals surface area contributed by atoms with Crippen LogP contribution in [0.2, 0.25) is 0 Å². The van der Waals surface area contributed by atoms with Crippen LogP contribution in [0.4, 0.5) is 13.2 Å². The lowest BCUT2D eigenvalue weighted by molar-refractivity contribution is -0.229. The minimum atomic E-state index is -2.04. The normalized spacial score (nSPS) is 36.7. The van der Waals surface area contributed by atoms with Crippen molar-refractivity contribution < 1.29 is 37.3 Å². The molecule has 4 aliphatic carbocycles. The molecule has 6 rings (SSSR count). The predicted molar refractivity (Wildman–Crippen MR) is 148 cm³/mol. The number of carbonyl (C=O) groups is 2. The minimum Gasteiger partial charge on any atom is -0.448 e. The predicted octanol–water partition coefficient (Wildman–Crippen LogP) is 4.77. The Kier molecular flexibility index (Phi) is 7.13. The van der Waals surface area contributed by atoms with Crippen molar-refractivity contribution in [3.05, 3.63) is 47.3 Å². The minimum absolute atomic E-state index is 0.122. The number of rotatable bonds is 6. The number of aliphatic hydroxyl groups excluding tert-OH is 1. The van der Waals surface area contributed by atoms with Crippen molar-refractivity contribution in [1.82, 2.24) is 14.8 Å². The van der Waals surface area contributed by atoms with Crippen molar-refractivity contribution in [3.8, 4) is 5.69 Å². The number of thioether (sulfide) groups is 1. The zero-order valence-electron chi connectivity index (χ0n) is 23.7. The summed E-state index contributed by atoms with van der Waals surface area (Å²) in [5, 5.41) is 15.7. The average Bonchev–Trinajstić information content (AvgIpc) is 3.47. The van der Waals surface area contributed by atoms with E-state index >= 15 is 4.39 Å². The number of ether oxygens (including phenoxy) is 2. The highest BCUT2D eigenvalue weighted by Gasteiger charge is 2.76. The molecule has 2 aromatic rings. The smallest absolute Gasteiger partial charge is 0.333 e. The Morgan fingerprint density at radius 2 is 2.00 bits per heavy atom. The molecule has 0 unspecified atom stereocenters. The quantitative estimate of drug-likeness (QED) is 0.371. The van der Waals surface area contributed by atoms with Crippen LogP contribution in [0.5, 0.6) is 0 Å². The second-order valence-corrected chi connectivity index (χ2v) is 13.3. The maximum Gasteiger partial charge on any atom is 0.333 e. The van der Waals surface area contributed by atoms with Gasteiger partial charge in [-0.3, -0.25) is 4.79 Å². The molecule has 0 aromatic carbocycles. The molecule has 3 fully saturated rings. The number of aromatic nitrogens is 3. The Labute approximate surface area is 246 Å². The number of alkyl halides is 2. The van der Waals surface area contributed by atoms with Crippen molar-refractivity contribution in [2.45, 2.75) is 69.7 Å². The molecule has 0 saturated heterocycles. The van der Waals surface area contributed by atoms with Crippen LogP contribution in [0.1, 0.15) is 57.2 Å². The molecular weight excluding hydrogens is 571 g/mol. The summed E-state index contributed by atoms with van der Waals surface area (Å²) in [7, 11) is 1.33. The molecule has 0 spiro atoms. The van der Waals surface area contributed by atoms with E-state index in [0.717, 1.165) is 16.8 Å². The van der Waals surface area contributed by atoms with Crippen LogP contribution in [-0.4, -0.2) is 68.1 Å². The van der Waals surface area contributed by atoms with E-state index in [9.17, 15) is 23.5 Å². The molecule has 12 heteroatoms. The Hall–Kier alpha value is -2.70. The van der Waals surface area contributed by atoms with E-state index in [4.69, 9.17) is 9.47 Å². The second-order valence-electron chi connectivity index (χ2n) is 12.5. The molecule has 226 valence electrons. The lowest BCUT2D eigenvalue weighted by atomic mass is 9.44. The highest BCUT2D eigenvalue weighted by Crippen LogP contribution is 2.71. The summed E-state index contributed by atoms with van der Waals surface area (Å²) < 4.78 is 57.2. The van der Waals surface area contributed by atoms with Gasteiger partial charge in [-0.2, -0.15) is 9.49 Å². The zero-order valence-corrected chi connectivity index (χ0v) is 24.6. The Balaban J connectivity index is 1.38. The summed E-state index contributed by atoms with van der Waals surface area (Å²) in [6.45, 7) is 3.24. The van der Waals surface area contributed by atoms with Gasteiger partial charge >= 0.3 is 5.97 Å². The molecule has 8 nitrogen and oxygen atoms in total. The van der Waals surface area contributed by atoms with E-state index in [1.54, 1.807) is 23.9 Å². The number of aliphatic hydroxyl groups is 1. The molecule has 0 aliphatic heterocycles. The fraction of sp³-hybridized carbons (Fsp3) is 0.600. The van der Waals surface area contributed by atoms with Crippen LogP contribution in [-0.2, 0) is 25.5 Å². The Bertz CT molecular complexity index is 1450. The maximum atomic E-state index is 17.9. The van der Waals surface area contributed by atoms with Gasteiger partial charge in [0.1, 0.15) is 18.3 Å². The van der Waals surface area contributed by atoms with E-state index in [1.807, 2.05) is 13.0 Å². The summed E-state index contributed by atoms with van der Waals surface area (Å²) in [5.74, 6) is -2.38. The van der Waals surface area contributed by atoms with Crippen molar-refractivity contribution in [3.63, 3.8) is 0 Å². The molecular formula is C30H34F3N3O5S. The number of carbonyl (C=O) groups excluding carboxylic acids is 2. The number of pyridine rings is 1. The number of halogens is 3. The Morgan fingerprint density at radius 1 is 1.21 bits per heavy atom. The summed E-state index contributed by atoms with van der Waals surface area (Å²) in [5.41, 5.74) is -2.90. The third kappa shape index (κ3) is 3.90. The lowest BCUT2D eigenvalue weighted by Gasteiger charge is -2.63. The average molecular weight is 606 g/mol. The molecule has 2 heterocycles. The van der Waals surface area contributed by atoms with E-state index in [-0.39, 0.29) is 19.4 Å². The molecule has 42 heavy (non-hydrogen) atoms.